The molecule has 2 aromatic carbocycles. The van der Waals surface area contributed by atoms with E-state index in [1.807, 2.05) is 18.4 Å². The molecule has 1 fully saturated rings. The highest BCUT2D eigenvalue weighted by atomic mass is 32.1. The van der Waals surface area contributed by atoms with Crippen molar-refractivity contribution in [3.63, 3.8) is 0 Å². The number of carbonyl (C=O) groups is 3. The molecule has 3 amide bonds. The Kier molecular flexibility index (Phi) is 7.02. The van der Waals surface area contributed by atoms with Crippen LogP contribution in [0.15, 0.2) is 53.9 Å². The summed E-state index contributed by atoms with van der Waals surface area (Å²) in [5.41, 5.74) is 1.53. The number of thiophene rings is 1. The average Bonchev–Trinajstić information content (AvgIpc) is 3.63. The number of nitrogens with one attached hydrogen (secondary N) is 2. The maximum atomic E-state index is 15.0. The highest BCUT2D eigenvalue weighted by Gasteiger charge is 2.44. The zero-order chi connectivity index (χ0) is 27.0. The van der Waals surface area contributed by atoms with Crippen LogP contribution in [-0.4, -0.2) is 53.5 Å². The Morgan fingerprint density at radius 2 is 1.89 bits per heavy atom. The molecule has 2 atom stereocenters. The number of alkyl halides is 2. The highest BCUT2D eigenvalue weighted by molar-refractivity contribution is 7.10. The molecule has 198 valence electrons. The van der Waals surface area contributed by atoms with Crippen LogP contribution in [0, 0.1) is 6.92 Å². The summed E-state index contributed by atoms with van der Waals surface area (Å²) in [7, 11) is 0. The van der Waals surface area contributed by atoms with Gasteiger partial charge in [0, 0.05) is 28.1 Å². The SMILES string of the molecule is Cc1csc([C@@H](CO)NC(=O)C2CCCN2C(=O)CNC(=O)c2ccc3c(c2)C(F)(F)c2ccccc2-3)c1. The quantitative estimate of drug-likeness (QED) is 0.426. The van der Waals surface area contributed by atoms with Crippen molar-refractivity contribution in [2.45, 2.75) is 37.8 Å². The first-order valence-electron chi connectivity index (χ1n) is 12.4. The van der Waals surface area contributed by atoms with Crippen LogP contribution in [0.1, 0.15) is 50.8 Å². The summed E-state index contributed by atoms with van der Waals surface area (Å²) in [6.45, 7) is 1.64. The molecular weight excluding hydrogens is 512 g/mol. The van der Waals surface area contributed by atoms with Crippen molar-refractivity contribution in [3.05, 3.63) is 81.0 Å². The van der Waals surface area contributed by atoms with Gasteiger partial charge in [-0.1, -0.05) is 30.3 Å². The lowest BCUT2D eigenvalue weighted by Gasteiger charge is -2.26. The van der Waals surface area contributed by atoms with Gasteiger partial charge in [-0.3, -0.25) is 14.4 Å². The number of amides is 3. The molecule has 10 heteroatoms. The number of aliphatic hydroxyl groups is 1. The summed E-state index contributed by atoms with van der Waals surface area (Å²) in [6, 6.07) is 11.0. The average molecular weight is 540 g/mol. The fraction of sp³-hybridized carbons (Fsp3) is 0.321. The molecule has 3 aromatic rings. The lowest BCUT2D eigenvalue weighted by molar-refractivity contribution is -0.138. The van der Waals surface area contributed by atoms with Gasteiger partial charge in [0.1, 0.15) is 6.04 Å². The number of benzene rings is 2. The number of nitrogens with zero attached hydrogens (tertiary/aromatic N) is 1. The van der Waals surface area contributed by atoms with Gasteiger partial charge in [0.15, 0.2) is 0 Å². The van der Waals surface area contributed by atoms with E-state index < -0.39 is 29.8 Å². The third-order valence-electron chi connectivity index (χ3n) is 7.04. The van der Waals surface area contributed by atoms with Crippen molar-refractivity contribution < 1.29 is 28.3 Å². The molecule has 1 saturated heterocycles. The zero-order valence-electron chi connectivity index (χ0n) is 20.7. The van der Waals surface area contributed by atoms with E-state index in [0.29, 0.717) is 30.5 Å². The van der Waals surface area contributed by atoms with Gasteiger partial charge in [-0.05, 0) is 60.0 Å². The smallest absolute Gasteiger partial charge is 0.299 e. The number of hydrogen-bond acceptors (Lipinski definition) is 5. The maximum absolute atomic E-state index is 15.0. The molecule has 5 rings (SSSR count). The van der Waals surface area contributed by atoms with Crippen molar-refractivity contribution in [1.29, 1.82) is 0 Å². The Balaban J connectivity index is 1.22. The van der Waals surface area contributed by atoms with Crippen LogP contribution in [0.5, 0.6) is 0 Å². The van der Waals surface area contributed by atoms with Crippen LogP contribution in [0.2, 0.25) is 0 Å². The van der Waals surface area contributed by atoms with E-state index in [1.165, 1.54) is 40.5 Å². The van der Waals surface area contributed by atoms with Gasteiger partial charge in [-0.25, -0.2) is 0 Å². The van der Waals surface area contributed by atoms with Crippen LogP contribution in [-0.2, 0) is 15.5 Å². The summed E-state index contributed by atoms with van der Waals surface area (Å²) in [5.74, 6) is -4.68. The molecule has 2 heterocycles. The van der Waals surface area contributed by atoms with E-state index in [2.05, 4.69) is 10.6 Å². The van der Waals surface area contributed by atoms with Gasteiger partial charge >= 0.3 is 0 Å². The predicted molar refractivity (Wildman–Crippen MR) is 139 cm³/mol. The minimum absolute atomic E-state index is 0.0248. The molecule has 1 aliphatic heterocycles. The number of hydrogen-bond donors (Lipinski definition) is 3. The molecule has 0 bridgehead atoms. The van der Waals surface area contributed by atoms with Crippen molar-refractivity contribution in [1.82, 2.24) is 15.5 Å². The minimum atomic E-state index is -3.22. The molecule has 2 aliphatic rings. The van der Waals surface area contributed by atoms with Crippen molar-refractivity contribution in [2.24, 2.45) is 0 Å². The zero-order valence-corrected chi connectivity index (χ0v) is 21.5. The molecule has 38 heavy (non-hydrogen) atoms. The van der Waals surface area contributed by atoms with Gasteiger partial charge in [-0.15, -0.1) is 11.3 Å². The molecule has 1 aliphatic carbocycles. The van der Waals surface area contributed by atoms with Crippen LogP contribution in [0.4, 0.5) is 8.78 Å². The second-order valence-corrected chi connectivity index (χ2v) is 10.5. The molecule has 0 radical (unpaired) electrons. The Bertz CT molecular complexity index is 1410. The minimum Gasteiger partial charge on any atom is -0.394 e. The topological polar surface area (TPSA) is 98.7 Å². The molecule has 1 unspecified atom stereocenters. The lowest BCUT2D eigenvalue weighted by atomic mass is 10.0. The molecule has 0 spiro atoms. The highest BCUT2D eigenvalue weighted by Crippen LogP contribution is 2.50. The summed E-state index contributed by atoms with van der Waals surface area (Å²) in [4.78, 5) is 40.9. The van der Waals surface area contributed by atoms with E-state index in [1.54, 1.807) is 18.2 Å². The number of carbonyl (C=O) groups excluding carboxylic acids is 3. The Labute approximate surface area is 222 Å². The molecule has 0 saturated carbocycles. The van der Waals surface area contributed by atoms with E-state index in [4.69, 9.17) is 0 Å². The fourth-order valence-electron chi connectivity index (χ4n) is 5.13. The standard InChI is InChI=1S/C28H27F2N3O4S/c1-16-11-24(38-15-16)22(14-34)32-27(37)23-7-4-10-33(23)25(35)13-31-26(36)17-8-9-19-18-5-2-3-6-20(18)28(29,30)21(19)12-17/h2-3,5-6,8-9,11-12,15,22-23,34H,4,7,10,13-14H2,1H3,(H,31,36)(H,32,37)/t22-,23?/m1/s1. The van der Waals surface area contributed by atoms with Crippen molar-refractivity contribution in [3.8, 4) is 11.1 Å². The summed E-state index contributed by atoms with van der Waals surface area (Å²) in [6.07, 6.45) is 1.09. The number of rotatable bonds is 7. The van der Waals surface area contributed by atoms with Gasteiger partial charge in [-0.2, -0.15) is 8.78 Å². The third-order valence-corrected chi connectivity index (χ3v) is 8.21. The predicted octanol–water partition coefficient (Wildman–Crippen LogP) is 3.75. The number of halogens is 2. The number of fused-ring (bicyclic) bond motifs is 3. The van der Waals surface area contributed by atoms with Gasteiger partial charge in [0.2, 0.25) is 11.8 Å². The van der Waals surface area contributed by atoms with E-state index in [-0.39, 0.29) is 35.7 Å². The van der Waals surface area contributed by atoms with E-state index >= 15 is 0 Å². The van der Waals surface area contributed by atoms with E-state index in [9.17, 15) is 28.3 Å². The molecule has 3 N–H and O–H groups in total. The molecular formula is C28H27F2N3O4S. The van der Waals surface area contributed by atoms with E-state index in [0.717, 1.165) is 10.4 Å². The molecule has 1 aromatic heterocycles. The second-order valence-electron chi connectivity index (χ2n) is 9.58. The monoisotopic (exact) mass is 539 g/mol. The lowest BCUT2D eigenvalue weighted by Crippen LogP contribution is -2.49. The van der Waals surface area contributed by atoms with Gasteiger partial charge in [0.25, 0.3) is 11.8 Å². The number of aryl methyl sites for hydroxylation is 1. The third kappa shape index (κ3) is 4.69. The first-order chi connectivity index (χ1) is 18.2. The van der Waals surface area contributed by atoms with Gasteiger partial charge < -0.3 is 20.6 Å². The van der Waals surface area contributed by atoms with Crippen molar-refractivity contribution in [2.75, 3.05) is 19.7 Å². The number of likely N-dealkylation sites (tertiary alicyclic amines) is 1. The largest absolute Gasteiger partial charge is 0.394 e. The molecule has 7 nitrogen and oxygen atoms in total. The fourth-order valence-corrected chi connectivity index (χ4v) is 6.07. The van der Waals surface area contributed by atoms with Crippen LogP contribution in [0.25, 0.3) is 11.1 Å². The van der Waals surface area contributed by atoms with Crippen LogP contribution in [0.3, 0.4) is 0 Å². The first kappa shape index (κ1) is 26.0. The Hall–Kier alpha value is -3.63. The van der Waals surface area contributed by atoms with Gasteiger partial charge in [0.05, 0.1) is 19.2 Å². The Morgan fingerprint density at radius 3 is 2.63 bits per heavy atom. The maximum Gasteiger partial charge on any atom is 0.299 e. The van der Waals surface area contributed by atoms with Crippen LogP contribution < -0.4 is 10.6 Å². The summed E-state index contributed by atoms with van der Waals surface area (Å²) in [5, 5.41) is 17.0. The summed E-state index contributed by atoms with van der Waals surface area (Å²) < 4.78 is 30.0. The van der Waals surface area contributed by atoms with Crippen LogP contribution >= 0.6 is 11.3 Å². The Morgan fingerprint density at radius 1 is 1.13 bits per heavy atom. The summed E-state index contributed by atoms with van der Waals surface area (Å²) >= 11 is 1.44. The number of aliphatic hydroxyl groups excluding tert-OH is 1. The van der Waals surface area contributed by atoms with Crippen molar-refractivity contribution >= 4 is 29.1 Å². The normalized spacial score (nSPS) is 18.0. The first-order valence-corrected chi connectivity index (χ1v) is 13.2. The second kappa shape index (κ2) is 10.3.